The highest BCUT2D eigenvalue weighted by molar-refractivity contribution is 6.42. The van der Waals surface area contributed by atoms with Gasteiger partial charge in [0.2, 0.25) is 0 Å². The number of halogens is 5. The maximum atomic E-state index is 13.5. The number of rotatable bonds is 4. The van der Waals surface area contributed by atoms with E-state index in [0.717, 1.165) is 6.07 Å². The third-order valence-corrected chi connectivity index (χ3v) is 3.68. The van der Waals surface area contributed by atoms with Crippen molar-refractivity contribution in [3.8, 4) is 5.75 Å². The summed E-state index contributed by atoms with van der Waals surface area (Å²) in [5, 5.41) is 2.47. The fourth-order valence-electron chi connectivity index (χ4n) is 1.68. The Balaban J connectivity index is 2.12. The summed E-state index contributed by atoms with van der Waals surface area (Å²) in [6.45, 7) is 1.38. The lowest BCUT2D eigenvalue weighted by atomic mass is 10.2. The Labute approximate surface area is 140 Å². The minimum Gasteiger partial charge on any atom is -0.479 e. The summed E-state index contributed by atoms with van der Waals surface area (Å²) in [5.74, 6) is -5.13. The number of amides is 1. The third-order valence-electron chi connectivity index (χ3n) is 2.88. The molecule has 0 spiro atoms. The molecule has 0 aromatic heterocycles. The molecular formula is C15H10Cl2F3NO2. The van der Waals surface area contributed by atoms with Gasteiger partial charge in [-0.05, 0) is 31.2 Å². The van der Waals surface area contributed by atoms with E-state index in [0.29, 0.717) is 6.07 Å². The maximum Gasteiger partial charge on any atom is 0.265 e. The molecule has 0 bridgehead atoms. The summed E-state index contributed by atoms with van der Waals surface area (Å²) in [5.41, 5.74) is -0.499. The highest BCUT2D eigenvalue weighted by atomic mass is 35.5. The molecule has 2 aromatic rings. The van der Waals surface area contributed by atoms with Crippen LogP contribution in [0.2, 0.25) is 10.0 Å². The lowest BCUT2D eigenvalue weighted by molar-refractivity contribution is -0.122. The predicted octanol–water partition coefficient (Wildman–Crippen LogP) is 4.82. The Hall–Kier alpha value is -1.92. The van der Waals surface area contributed by atoms with Crippen LogP contribution in [0, 0.1) is 17.5 Å². The van der Waals surface area contributed by atoms with Crippen molar-refractivity contribution in [3.05, 3.63) is 57.8 Å². The van der Waals surface area contributed by atoms with Crippen LogP contribution in [0.5, 0.6) is 5.75 Å². The minimum absolute atomic E-state index is 0.118. The van der Waals surface area contributed by atoms with Gasteiger partial charge in [0.05, 0.1) is 10.7 Å². The summed E-state index contributed by atoms with van der Waals surface area (Å²) < 4.78 is 44.8. The zero-order valence-corrected chi connectivity index (χ0v) is 13.2. The van der Waals surface area contributed by atoms with E-state index in [1.807, 2.05) is 0 Å². The van der Waals surface area contributed by atoms with E-state index in [1.165, 1.54) is 19.1 Å². The molecule has 2 rings (SSSR count). The number of hydrogen-bond donors (Lipinski definition) is 1. The van der Waals surface area contributed by atoms with Gasteiger partial charge in [-0.2, -0.15) is 0 Å². The van der Waals surface area contributed by atoms with E-state index in [4.69, 9.17) is 27.9 Å². The summed E-state index contributed by atoms with van der Waals surface area (Å²) in [4.78, 5) is 12.0. The quantitative estimate of drug-likeness (QED) is 0.791. The monoisotopic (exact) mass is 363 g/mol. The van der Waals surface area contributed by atoms with Crippen molar-refractivity contribution >= 4 is 34.8 Å². The van der Waals surface area contributed by atoms with Crippen molar-refractivity contribution in [3.63, 3.8) is 0 Å². The van der Waals surface area contributed by atoms with Crippen LogP contribution in [0.3, 0.4) is 0 Å². The number of carbonyl (C=O) groups excluding carboxylic acids is 1. The first-order valence-electron chi connectivity index (χ1n) is 6.36. The van der Waals surface area contributed by atoms with Gasteiger partial charge < -0.3 is 10.1 Å². The molecule has 0 aliphatic rings. The molecule has 3 nitrogen and oxygen atoms in total. The number of anilines is 1. The number of hydrogen-bond acceptors (Lipinski definition) is 2. The standard InChI is InChI=1S/C15H10Cl2F3NO2/c1-7(23-11-4-2-3-8(16)12(11)17)15(22)21-10-6-5-9(18)13(19)14(10)20/h2-7H,1H3,(H,21,22)/t7-/m0/s1. The lowest BCUT2D eigenvalue weighted by Crippen LogP contribution is -2.30. The highest BCUT2D eigenvalue weighted by Gasteiger charge is 2.20. The highest BCUT2D eigenvalue weighted by Crippen LogP contribution is 2.32. The van der Waals surface area contributed by atoms with Gasteiger partial charge in [-0.25, -0.2) is 13.2 Å². The van der Waals surface area contributed by atoms with Gasteiger partial charge in [-0.1, -0.05) is 29.3 Å². The van der Waals surface area contributed by atoms with Crippen molar-refractivity contribution in [2.45, 2.75) is 13.0 Å². The second kappa shape index (κ2) is 7.10. The Morgan fingerprint density at radius 2 is 1.83 bits per heavy atom. The van der Waals surface area contributed by atoms with E-state index < -0.39 is 35.2 Å². The first-order valence-corrected chi connectivity index (χ1v) is 7.12. The number of ether oxygens (including phenoxy) is 1. The van der Waals surface area contributed by atoms with Crippen molar-refractivity contribution in [1.29, 1.82) is 0 Å². The Morgan fingerprint density at radius 3 is 2.52 bits per heavy atom. The Bertz CT molecular complexity index is 756. The van der Waals surface area contributed by atoms with Crippen LogP contribution in [0.1, 0.15) is 6.92 Å². The largest absolute Gasteiger partial charge is 0.479 e. The van der Waals surface area contributed by atoms with E-state index >= 15 is 0 Å². The number of nitrogens with one attached hydrogen (secondary N) is 1. The molecule has 2 aromatic carbocycles. The molecule has 0 saturated heterocycles. The van der Waals surface area contributed by atoms with Crippen molar-refractivity contribution in [2.24, 2.45) is 0 Å². The second-order valence-corrected chi connectivity index (χ2v) is 5.31. The molecule has 0 fully saturated rings. The molecule has 0 aliphatic carbocycles. The van der Waals surface area contributed by atoms with Crippen molar-refractivity contribution in [2.75, 3.05) is 5.32 Å². The van der Waals surface area contributed by atoms with Crippen molar-refractivity contribution < 1.29 is 22.7 Å². The molecule has 0 aliphatic heterocycles. The first-order chi connectivity index (χ1) is 10.8. The van der Waals surface area contributed by atoms with Crippen LogP contribution in [-0.4, -0.2) is 12.0 Å². The SMILES string of the molecule is C[C@H](Oc1cccc(Cl)c1Cl)C(=O)Nc1ccc(F)c(F)c1F. The molecule has 0 unspecified atom stereocenters. The van der Waals surface area contributed by atoms with Gasteiger partial charge >= 0.3 is 0 Å². The van der Waals surface area contributed by atoms with E-state index in [-0.39, 0.29) is 15.8 Å². The molecule has 122 valence electrons. The number of carbonyl (C=O) groups is 1. The smallest absolute Gasteiger partial charge is 0.265 e. The molecular weight excluding hydrogens is 354 g/mol. The van der Waals surface area contributed by atoms with Crippen LogP contribution in [0.4, 0.5) is 18.9 Å². The van der Waals surface area contributed by atoms with Gasteiger partial charge in [0.1, 0.15) is 10.8 Å². The summed E-state index contributed by atoms with van der Waals surface area (Å²) in [7, 11) is 0. The normalized spacial score (nSPS) is 11.9. The predicted molar refractivity (Wildman–Crippen MR) is 81.5 cm³/mol. The van der Waals surface area contributed by atoms with E-state index in [9.17, 15) is 18.0 Å². The van der Waals surface area contributed by atoms with Crippen LogP contribution in [0.25, 0.3) is 0 Å². The van der Waals surface area contributed by atoms with Crippen molar-refractivity contribution in [1.82, 2.24) is 0 Å². The third kappa shape index (κ3) is 3.89. The van der Waals surface area contributed by atoms with E-state index in [2.05, 4.69) is 5.32 Å². The Kier molecular flexibility index (Phi) is 5.38. The first kappa shape index (κ1) is 17.4. The second-order valence-electron chi connectivity index (χ2n) is 4.52. The average Bonchev–Trinajstić information content (AvgIpc) is 2.52. The molecule has 1 amide bonds. The zero-order valence-electron chi connectivity index (χ0n) is 11.7. The topological polar surface area (TPSA) is 38.3 Å². The molecule has 0 heterocycles. The maximum absolute atomic E-state index is 13.5. The lowest BCUT2D eigenvalue weighted by Gasteiger charge is -2.16. The molecule has 1 atom stereocenters. The molecule has 23 heavy (non-hydrogen) atoms. The van der Waals surface area contributed by atoms with Gasteiger partial charge in [-0.3, -0.25) is 4.79 Å². The summed E-state index contributed by atoms with van der Waals surface area (Å²) in [6.07, 6.45) is -1.08. The molecule has 0 saturated carbocycles. The van der Waals surface area contributed by atoms with E-state index in [1.54, 1.807) is 6.07 Å². The zero-order chi connectivity index (χ0) is 17.1. The average molecular weight is 364 g/mol. The Morgan fingerprint density at radius 1 is 1.13 bits per heavy atom. The molecule has 0 radical (unpaired) electrons. The summed E-state index contributed by atoms with van der Waals surface area (Å²) in [6, 6.07) is 6.22. The van der Waals surface area contributed by atoms with Gasteiger partial charge in [0, 0.05) is 0 Å². The fraction of sp³-hybridized carbons (Fsp3) is 0.133. The van der Waals surface area contributed by atoms with Gasteiger partial charge in [-0.15, -0.1) is 0 Å². The van der Waals surface area contributed by atoms with Crippen LogP contribution in [0.15, 0.2) is 30.3 Å². The molecule has 8 heteroatoms. The summed E-state index contributed by atoms with van der Waals surface area (Å²) >= 11 is 11.7. The van der Waals surface area contributed by atoms with Crippen LogP contribution >= 0.6 is 23.2 Å². The number of benzene rings is 2. The van der Waals surface area contributed by atoms with Gasteiger partial charge in [0.25, 0.3) is 5.91 Å². The van der Waals surface area contributed by atoms with Crippen LogP contribution in [-0.2, 0) is 4.79 Å². The minimum atomic E-state index is -1.67. The van der Waals surface area contributed by atoms with Crippen LogP contribution < -0.4 is 10.1 Å². The molecule has 1 N–H and O–H groups in total. The fourth-order valence-corrected chi connectivity index (χ4v) is 2.01. The van der Waals surface area contributed by atoms with Gasteiger partial charge in [0.15, 0.2) is 23.6 Å².